The van der Waals surface area contributed by atoms with Crippen molar-refractivity contribution in [3.63, 3.8) is 0 Å². The number of alkyl halides is 3. The van der Waals surface area contributed by atoms with E-state index >= 15 is 0 Å². The Hall–Kier alpha value is -3.33. The van der Waals surface area contributed by atoms with E-state index < -0.39 is 12.3 Å². The fraction of sp³-hybridized carbons (Fsp3) is 0.208. The van der Waals surface area contributed by atoms with Gasteiger partial charge in [-0.1, -0.05) is 18.7 Å². The molecular formula is C24H21F3O5S. The highest BCUT2D eigenvalue weighted by Gasteiger charge is 2.31. The molecule has 33 heavy (non-hydrogen) atoms. The maximum absolute atomic E-state index is 12.2. The second-order valence-corrected chi connectivity index (χ2v) is 8.07. The lowest BCUT2D eigenvalue weighted by molar-refractivity contribution is -0.274. The van der Waals surface area contributed by atoms with Gasteiger partial charge < -0.3 is 19.3 Å². The molecule has 3 rings (SSSR count). The fourth-order valence-corrected chi connectivity index (χ4v) is 3.76. The first kappa shape index (κ1) is 24.3. The van der Waals surface area contributed by atoms with Gasteiger partial charge in [-0.15, -0.1) is 13.2 Å². The molecule has 0 bridgehead atoms. The molecule has 0 aliphatic rings. The van der Waals surface area contributed by atoms with Crippen LogP contribution in [0.3, 0.4) is 0 Å². The summed E-state index contributed by atoms with van der Waals surface area (Å²) in [5.74, 6) is 0.252. The predicted molar refractivity (Wildman–Crippen MR) is 117 cm³/mol. The van der Waals surface area contributed by atoms with E-state index in [4.69, 9.17) is 14.6 Å². The van der Waals surface area contributed by atoms with Crippen LogP contribution in [-0.4, -0.2) is 24.0 Å². The molecule has 3 aromatic rings. The van der Waals surface area contributed by atoms with E-state index in [0.29, 0.717) is 29.4 Å². The molecule has 0 aliphatic carbocycles. The lowest BCUT2D eigenvalue weighted by atomic mass is 10.1. The smallest absolute Gasteiger partial charge is 0.494 e. The second kappa shape index (κ2) is 11.0. The van der Waals surface area contributed by atoms with Gasteiger partial charge in [0, 0.05) is 9.79 Å². The normalized spacial score (nSPS) is 11.2. The molecule has 174 valence electrons. The molecule has 1 N–H and O–H groups in total. The summed E-state index contributed by atoms with van der Waals surface area (Å²) in [5.41, 5.74) is 0.650. The molecule has 0 spiro atoms. The summed E-state index contributed by atoms with van der Waals surface area (Å²) in [6, 6.07) is 17.7. The number of hydrogen-bond donors (Lipinski definition) is 1. The van der Waals surface area contributed by atoms with Crippen molar-refractivity contribution < 1.29 is 37.3 Å². The quantitative estimate of drug-likeness (QED) is 0.340. The molecule has 0 radical (unpaired) electrons. The second-order valence-electron chi connectivity index (χ2n) is 6.93. The molecule has 0 atom stereocenters. The number of carbonyl (C=O) groups is 1. The summed E-state index contributed by atoms with van der Waals surface area (Å²) in [6.07, 6.45) is -4.01. The minimum absolute atomic E-state index is 0.101. The molecule has 5 nitrogen and oxygen atoms in total. The average molecular weight is 478 g/mol. The van der Waals surface area contributed by atoms with E-state index in [9.17, 15) is 18.0 Å². The van der Waals surface area contributed by atoms with Crippen molar-refractivity contribution in [1.29, 1.82) is 0 Å². The molecule has 0 unspecified atom stereocenters. The van der Waals surface area contributed by atoms with Crippen LogP contribution in [0.2, 0.25) is 0 Å². The highest BCUT2D eigenvalue weighted by molar-refractivity contribution is 7.99. The van der Waals surface area contributed by atoms with Gasteiger partial charge >= 0.3 is 12.3 Å². The topological polar surface area (TPSA) is 65.0 Å². The van der Waals surface area contributed by atoms with Gasteiger partial charge in [-0.3, -0.25) is 4.79 Å². The van der Waals surface area contributed by atoms with Crippen molar-refractivity contribution in [3.05, 3.63) is 72.3 Å². The Bertz CT molecular complexity index is 1070. The molecule has 0 fully saturated rings. The molecule has 3 aromatic carbocycles. The van der Waals surface area contributed by atoms with Gasteiger partial charge in [0.25, 0.3) is 0 Å². The van der Waals surface area contributed by atoms with Crippen molar-refractivity contribution in [2.45, 2.75) is 35.9 Å². The summed E-state index contributed by atoms with van der Waals surface area (Å²) < 4.78 is 51.9. The standard InChI is InChI=1S/C24H21F3O5S/c1-2-11-30-20-12-16(14-23(28)29)13-22(15-20)33-21-9-7-18(8-10-21)31-17-3-5-19(6-4-17)32-24(25,26)27/h3-10,12-13,15H,2,11,14H2,1H3,(H,28,29). The van der Waals surface area contributed by atoms with Gasteiger partial charge in [-0.05, 0) is 78.7 Å². The Morgan fingerprint density at radius 1 is 0.879 bits per heavy atom. The highest BCUT2D eigenvalue weighted by Crippen LogP contribution is 2.34. The summed E-state index contributed by atoms with van der Waals surface area (Å²) in [5, 5.41) is 9.11. The minimum atomic E-state index is -4.74. The van der Waals surface area contributed by atoms with Crippen LogP contribution in [0.1, 0.15) is 18.9 Å². The number of carboxylic acids is 1. The zero-order valence-corrected chi connectivity index (χ0v) is 18.4. The third kappa shape index (κ3) is 8.27. The van der Waals surface area contributed by atoms with Crippen LogP contribution in [-0.2, 0) is 11.2 Å². The van der Waals surface area contributed by atoms with Gasteiger partial charge in [0.1, 0.15) is 23.0 Å². The molecule has 0 aromatic heterocycles. The van der Waals surface area contributed by atoms with E-state index in [1.165, 1.54) is 36.0 Å². The number of hydrogen-bond acceptors (Lipinski definition) is 5. The van der Waals surface area contributed by atoms with Crippen molar-refractivity contribution in [3.8, 4) is 23.0 Å². The fourth-order valence-electron chi connectivity index (χ4n) is 2.83. The maximum Gasteiger partial charge on any atom is 0.573 e. The molecular weight excluding hydrogens is 457 g/mol. The van der Waals surface area contributed by atoms with Gasteiger partial charge in [0.2, 0.25) is 0 Å². The minimum Gasteiger partial charge on any atom is -0.494 e. The number of halogens is 3. The van der Waals surface area contributed by atoms with Gasteiger partial charge in [0.15, 0.2) is 0 Å². The van der Waals surface area contributed by atoms with Crippen LogP contribution >= 0.6 is 11.8 Å². The summed E-state index contributed by atoms with van der Waals surface area (Å²) in [6.45, 7) is 2.53. The molecule has 0 saturated carbocycles. The maximum atomic E-state index is 12.2. The number of aliphatic carboxylic acids is 1. The molecule has 0 aliphatic heterocycles. The van der Waals surface area contributed by atoms with E-state index in [2.05, 4.69) is 4.74 Å². The number of carboxylic acid groups (broad SMARTS) is 1. The lowest BCUT2D eigenvalue weighted by Gasteiger charge is -2.11. The monoisotopic (exact) mass is 478 g/mol. The van der Waals surface area contributed by atoms with Crippen LogP contribution in [0.4, 0.5) is 13.2 Å². The Kier molecular flexibility index (Phi) is 8.11. The van der Waals surface area contributed by atoms with Crippen LogP contribution in [0.25, 0.3) is 0 Å². The first-order valence-electron chi connectivity index (χ1n) is 10.0. The van der Waals surface area contributed by atoms with Gasteiger partial charge in [-0.25, -0.2) is 0 Å². The first-order valence-corrected chi connectivity index (χ1v) is 10.8. The Balaban J connectivity index is 1.67. The molecule has 0 amide bonds. The SMILES string of the molecule is CCCOc1cc(CC(=O)O)cc(Sc2ccc(Oc3ccc(OC(F)(F)F)cc3)cc2)c1. The van der Waals surface area contributed by atoms with Crippen molar-refractivity contribution in [1.82, 2.24) is 0 Å². The Labute approximate surface area is 193 Å². The largest absolute Gasteiger partial charge is 0.573 e. The zero-order chi connectivity index (χ0) is 23.8. The Morgan fingerprint density at radius 2 is 1.48 bits per heavy atom. The number of ether oxygens (including phenoxy) is 3. The van der Waals surface area contributed by atoms with E-state index in [0.717, 1.165) is 16.2 Å². The number of benzene rings is 3. The van der Waals surface area contributed by atoms with Gasteiger partial charge in [0.05, 0.1) is 13.0 Å². The zero-order valence-electron chi connectivity index (χ0n) is 17.6. The average Bonchev–Trinajstić information content (AvgIpc) is 2.73. The summed E-state index contributed by atoms with van der Waals surface area (Å²) in [4.78, 5) is 12.8. The van der Waals surface area contributed by atoms with Crippen LogP contribution in [0, 0.1) is 0 Å². The predicted octanol–water partition coefficient (Wildman–Crippen LogP) is 6.94. The third-order valence-corrected chi connectivity index (χ3v) is 5.10. The first-order chi connectivity index (χ1) is 15.7. The third-order valence-electron chi connectivity index (χ3n) is 4.12. The van der Waals surface area contributed by atoms with Crippen LogP contribution < -0.4 is 14.2 Å². The summed E-state index contributed by atoms with van der Waals surface area (Å²) >= 11 is 1.45. The number of rotatable bonds is 10. The highest BCUT2D eigenvalue weighted by atomic mass is 32.2. The lowest BCUT2D eigenvalue weighted by Crippen LogP contribution is -2.16. The molecule has 0 heterocycles. The van der Waals surface area contributed by atoms with E-state index in [1.54, 1.807) is 18.2 Å². The van der Waals surface area contributed by atoms with Crippen molar-refractivity contribution in [2.75, 3.05) is 6.61 Å². The van der Waals surface area contributed by atoms with Crippen LogP contribution in [0.5, 0.6) is 23.0 Å². The summed E-state index contributed by atoms with van der Waals surface area (Å²) in [7, 11) is 0. The Morgan fingerprint density at radius 3 is 2.06 bits per heavy atom. The molecule has 9 heteroatoms. The molecule has 0 saturated heterocycles. The van der Waals surface area contributed by atoms with Crippen molar-refractivity contribution in [2.24, 2.45) is 0 Å². The van der Waals surface area contributed by atoms with Crippen molar-refractivity contribution >= 4 is 17.7 Å². The van der Waals surface area contributed by atoms with E-state index in [1.807, 2.05) is 31.2 Å². The van der Waals surface area contributed by atoms with Gasteiger partial charge in [-0.2, -0.15) is 0 Å². The van der Waals surface area contributed by atoms with E-state index in [-0.39, 0.29) is 12.2 Å². The van der Waals surface area contributed by atoms with Crippen LogP contribution in [0.15, 0.2) is 76.5 Å².